The Labute approximate surface area is 130 Å². The SMILES string of the molecule is CN(CC(=O)N1CCSc2ccccc21)CC1CC(O)C1. The van der Waals surface area contributed by atoms with Gasteiger partial charge in [-0.1, -0.05) is 12.1 Å². The number of nitrogens with zero attached hydrogens (tertiary/aromatic N) is 2. The molecule has 1 aliphatic carbocycles. The van der Waals surface area contributed by atoms with Crippen LogP contribution in [0.4, 0.5) is 5.69 Å². The lowest BCUT2D eigenvalue weighted by molar-refractivity contribution is -0.119. The van der Waals surface area contributed by atoms with Gasteiger partial charge in [0.1, 0.15) is 0 Å². The van der Waals surface area contributed by atoms with E-state index in [1.54, 1.807) is 0 Å². The van der Waals surface area contributed by atoms with Gasteiger partial charge < -0.3 is 10.0 Å². The first kappa shape index (κ1) is 14.9. The quantitative estimate of drug-likeness (QED) is 0.922. The van der Waals surface area contributed by atoms with Crippen molar-refractivity contribution in [3.63, 3.8) is 0 Å². The number of rotatable bonds is 4. The monoisotopic (exact) mass is 306 g/mol. The highest BCUT2D eigenvalue weighted by molar-refractivity contribution is 7.99. The molecule has 1 aromatic rings. The standard InChI is InChI=1S/C16H22N2O2S/c1-17(10-12-8-13(19)9-12)11-16(20)18-6-7-21-15-5-3-2-4-14(15)18/h2-5,12-13,19H,6-11H2,1H3. The van der Waals surface area contributed by atoms with Gasteiger partial charge in [0.05, 0.1) is 18.3 Å². The highest BCUT2D eigenvalue weighted by Gasteiger charge is 2.29. The predicted octanol–water partition coefficient (Wildman–Crippen LogP) is 1.83. The Morgan fingerprint density at radius 3 is 2.95 bits per heavy atom. The number of benzene rings is 1. The molecule has 0 spiro atoms. The first-order valence-electron chi connectivity index (χ1n) is 7.52. The van der Waals surface area contributed by atoms with Crippen LogP contribution in [0.5, 0.6) is 0 Å². The summed E-state index contributed by atoms with van der Waals surface area (Å²) in [7, 11) is 1.99. The van der Waals surface area contributed by atoms with Crippen molar-refractivity contribution in [2.24, 2.45) is 5.92 Å². The summed E-state index contributed by atoms with van der Waals surface area (Å²) in [5, 5.41) is 9.33. The number of aliphatic hydroxyl groups excluding tert-OH is 1. The maximum atomic E-state index is 12.5. The first-order chi connectivity index (χ1) is 10.1. The van der Waals surface area contributed by atoms with Crippen molar-refractivity contribution in [3.8, 4) is 0 Å². The molecule has 0 aromatic heterocycles. The van der Waals surface area contributed by atoms with E-state index < -0.39 is 0 Å². The molecule has 5 heteroatoms. The number of fused-ring (bicyclic) bond motifs is 1. The van der Waals surface area contributed by atoms with Crippen LogP contribution < -0.4 is 4.90 Å². The Morgan fingerprint density at radius 1 is 1.43 bits per heavy atom. The maximum absolute atomic E-state index is 12.5. The largest absolute Gasteiger partial charge is 0.393 e. The molecule has 1 saturated carbocycles. The number of amides is 1. The van der Waals surface area contributed by atoms with E-state index in [0.29, 0.717) is 12.5 Å². The van der Waals surface area contributed by atoms with Crippen LogP contribution in [0.1, 0.15) is 12.8 Å². The molecule has 1 aromatic carbocycles. The zero-order chi connectivity index (χ0) is 14.8. The van der Waals surface area contributed by atoms with Gasteiger partial charge in [0.25, 0.3) is 0 Å². The second-order valence-corrected chi connectivity index (χ2v) is 7.19. The number of hydrogen-bond donors (Lipinski definition) is 1. The Hall–Kier alpha value is -1.04. The van der Waals surface area contributed by atoms with Crippen LogP contribution in [0.3, 0.4) is 0 Å². The molecule has 0 radical (unpaired) electrons. The summed E-state index contributed by atoms with van der Waals surface area (Å²) in [4.78, 5) is 17.7. The number of anilines is 1. The number of thioether (sulfide) groups is 1. The van der Waals surface area contributed by atoms with Crippen molar-refractivity contribution in [1.82, 2.24) is 4.90 Å². The van der Waals surface area contributed by atoms with Gasteiger partial charge in [-0.2, -0.15) is 0 Å². The number of para-hydroxylation sites is 1. The summed E-state index contributed by atoms with van der Waals surface area (Å²) in [5.41, 5.74) is 1.05. The van der Waals surface area contributed by atoms with Crippen LogP contribution in [0.15, 0.2) is 29.2 Å². The van der Waals surface area contributed by atoms with Gasteiger partial charge in [-0.3, -0.25) is 9.69 Å². The van der Waals surface area contributed by atoms with Crippen LogP contribution in [0, 0.1) is 5.92 Å². The molecular formula is C16H22N2O2S. The molecule has 0 saturated heterocycles. The molecule has 1 aliphatic heterocycles. The van der Waals surface area contributed by atoms with E-state index in [1.807, 2.05) is 41.9 Å². The molecular weight excluding hydrogens is 284 g/mol. The predicted molar refractivity (Wildman–Crippen MR) is 85.7 cm³/mol. The van der Waals surface area contributed by atoms with Crippen LogP contribution in [-0.4, -0.2) is 54.5 Å². The summed E-state index contributed by atoms with van der Waals surface area (Å²) in [6.45, 7) is 2.13. The van der Waals surface area contributed by atoms with Crippen LogP contribution in [0.2, 0.25) is 0 Å². The van der Waals surface area contributed by atoms with Gasteiger partial charge in [0.2, 0.25) is 5.91 Å². The van der Waals surface area contributed by atoms with Crippen LogP contribution >= 0.6 is 11.8 Å². The van der Waals surface area contributed by atoms with Crippen molar-refractivity contribution in [3.05, 3.63) is 24.3 Å². The Kier molecular flexibility index (Phi) is 4.52. The fourth-order valence-corrected chi connectivity index (χ4v) is 4.09. The smallest absolute Gasteiger partial charge is 0.241 e. The normalized spacial score (nSPS) is 24.6. The molecule has 0 bridgehead atoms. The highest BCUT2D eigenvalue weighted by atomic mass is 32.2. The van der Waals surface area contributed by atoms with Gasteiger partial charge >= 0.3 is 0 Å². The third-order valence-corrected chi connectivity index (χ3v) is 5.26. The molecule has 0 atom stereocenters. The molecule has 4 nitrogen and oxygen atoms in total. The van der Waals surface area contributed by atoms with E-state index in [4.69, 9.17) is 0 Å². The minimum absolute atomic E-state index is 0.120. The van der Waals surface area contributed by atoms with E-state index in [2.05, 4.69) is 11.0 Å². The number of likely N-dealkylation sites (N-methyl/N-ethyl adjacent to an activating group) is 1. The molecule has 2 aliphatic rings. The third kappa shape index (κ3) is 3.42. The summed E-state index contributed by atoms with van der Waals surface area (Å²) >= 11 is 1.82. The van der Waals surface area contributed by atoms with Crippen LogP contribution in [0.25, 0.3) is 0 Å². The van der Waals surface area contributed by atoms with Crippen molar-refractivity contribution < 1.29 is 9.90 Å². The zero-order valence-electron chi connectivity index (χ0n) is 12.4. The second-order valence-electron chi connectivity index (χ2n) is 6.05. The molecule has 1 fully saturated rings. The Bertz CT molecular complexity index is 517. The average molecular weight is 306 g/mol. The molecule has 0 unspecified atom stereocenters. The molecule has 3 rings (SSSR count). The average Bonchev–Trinajstić information content (AvgIpc) is 2.45. The summed E-state index contributed by atoms with van der Waals surface area (Å²) in [6, 6.07) is 8.12. The van der Waals surface area contributed by atoms with Gasteiger partial charge in [-0.05, 0) is 37.9 Å². The Balaban J connectivity index is 1.58. The van der Waals surface area contributed by atoms with Gasteiger partial charge in [-0.25, -0.2) is 0 Å². The van der Waals surface area contributed by atoms with Crippen molar-refractivity contribution in [1.29, 1.82) is 0 Å². The number of carbonyl (C=O) groups is 1. The molecule has 21 heavy (non-hydrogen) atoms. The van der Waals surface area contributed by atoms with Gasteiger partial charge in [-0.15, -0.1) is 11.8 Å². The molecule has 1 heterocycles. The van der Waals surface area contributed by atoms with Crippen molar-refractivity contribution in [2.75, 3.05) is 37.3 Å². The van der Waals surface area contributed by atoms with E-state index >= 15 is 0 Å². The number of aliphatic hydroxyl groups is 1. The summed E-state index contributed by atoms with van der Waals surface area (Å²) in [6.07, 6.45) is 1.63. The lowest BCUT2D eigenvalue weighted by Crippen LogP contribution is -2.44. The highest BCUT2D eigenvalue weighted by Crippen LogP contribution is 2.34. The zero-order valence-corrected chi connectivity index (χ0v) is 13.2. The number of carbonyl (C=O) groups excluding carboxylic acids is 1. The van der Waals surface area contributed by atoms with Gasteiger partial charge in [0, 0.05) is 23.7 Å². The number of hydrogen-bond acceptors (Lipinski definition) is 4. The maximum Gasteiger partial charge on any atom is 0.241 e. The lowest BCUT2D eigenvalue weighted by Gasteiger charge is -2.35. The van der Waals surface area contributed by atoms with Crippen molar-refractivity contribution in [2.45, 2.75) is 23.8 Å². The minimum Gasteiger partial charge on any atom is -0.393 e. The topological polar surface area (TPSA) is 43.8 Å². The first-order valence-corrected chi connectivity index (χ1v) is 8.51. The minimum atomic E-state index is -0.120. The molecule has 1 amide bonds. The third-order valence-electron chi connectivity index (χ3n) is 4.22. The fourth-order valence-electron chi connectivity index (χ4n) is 3.10. The van der Waals surface area contributed by atoms with E-state index in [-0.39, 0.29) is 12.0 Å². The molecule has 1 N–H and O–H groups in total. The lowest BCUT2D eigenvalue weighted by atomic mass is 9.82. The molecule has 114 valence electrons. The van der Waals surface area contributed by atoms with Crippen molar-refractivity contribution >= 4 is 23.4 Å². The summed E-state index contributed by atoms with van der Waals surface area (Å²) in [5.74, 6) is 1.67. The van der Waals surface area contributed by atoms with E-state index in [0.717, 1.165) is 37.4 Å². The van der Waals surface area contributed by atoms with Crippen LogP contribution in [-0.2, 0) is 4.79 Å². The second kappa shape index (κ2) is 6.38. The summed E-state index contributed by atoms with van der Waals surface area (Å²) < 4.78 is 0. The van der Waals surface area contributed by atoms with E-state index in [9.17, 15) is 9.90 Å². The Morgan fingerprint density at radius 2 is 2.19 bits per heavy atom. The van der Waals surface area contributed by atoms with Gasteiger partial charge in [0.15, 0.2) is 0 Å². The van der Waals surface area contributed by atoms with E-state index in [1.165, 1.54) is 4.90 Å². The fraction of sp³-hybridized carbons (Fsp3) is 0.562.